The Morgan fingerprint density at radius 3 is 2.26 bits per heavy atom. The Morgan fingerprint density at radius 1 is 1.00 bits per heavy atom. The van der Waals surface area contributed by atoms with E-state index in [1.807, 2.05) is 6.20 Å². The molecule has 4 nitrogen and oxygen atoms in total. The summed E-state index contributed by atoms with van der Waals surface area (Å²) in [5.41, 5.74) is 3.97. The summed E-state index contributed by atoms with van der Waals surface area (Å²) < 4.78 is 13.8. The highest BCUT2D eigenvalue weighted by atomic mass is 16.7. The van der Waals surface area contributed by atoms with Gasteiger partial charge in [-0.3, -0.25) is 4.98 Å². The Hall–Kier alpha value is -2.37. The standard InChI is InChI=1S/C26H33BN2O2/c1-2-21(25-30-18-19-31-25)20-29-17-16-28-26(29)27-15-9-14-24(22-10-5-3-6-11-22)23-12-7-4-8-13-23/h3-8,10-13,16-17,21,24-25,27H,2,9,14-15,18-20H2,1H3. The zero-order valence-corrected chi connectivity index (χ0v) is 18.5. The second kappa shape index (κ2) is 11.3. The Balaban J connectivity index is 1.33. The van der Waals surface area contributed by atoms with Crippen LogP contribution in [0.2, 0.25) is 6.32 Å². The van der Waals surface area contributed by atoms with Crippen LogP contribution in [0.15, 0.2) is 73.1 Å². The summed E-state index contributed by atoms with van der Waals surface area (Å²) in [4.78, 5) is 4.64. The van der Waals surface area contributed by atoms with Crippen molar-refractivity contribution >= 4 is 13.0 Å². The zero-order valence-electron chi connectivity index (χ0n) is 18.5. The minimum absolute atomic E-state index is 0.0715. The summed E-state index contributed by atoms with van der Waals surface area (Å²) >= 11 is 0. The second-order valence-corrected chi connectivity index (χ2v) is 8.39. The second-order valence-electron chi connectivity index (χ2n) is 8.39. The first kappa shape index (κ1) is 21.9. The molecule has 0 radical (unpaired) electrons. The quantitative estimate of drug-likeness (QED) is 0.344. The number of benzene rings is 2. The highest BCUT2D eigenvalue weighted by Gasteiger charge is 2.26. The predicted molar refractivity (Wildman–Crippen MR) is 127 cm³/mol. The molecule has 1 saturated heterocycles. The summed E-state index contributed by atoms with van der Waals surface area (Å²) in [6.45, 7) is 4.54. The SMILES string of the molecule is CCC(Cn1ccnc1BCCCC(c1ccccc1)c1ccccc1)C1OCCO1. The first-order valence-corrected chi connectivity index (χ1v) is 11.7. The molecular formula is C26H33BN2O2. The normalized spacial score (nSPS) is 15.4. The first-order chi connectivity index (χ1) is 15.3. The Kier molecular flexibility index (Phi) is 7.97. The van der Waals surface area contributed by atoms with E-state index in [4.69, 9.17) is 9.47 Å². The van der Waals surface area contributed by atoms with Gasteiger partial charge in [0.05, 0.1) is 18.9 Å². The van der Waals surface area contributed by atoms with E-state index in [1.165, 1.54) is 23.3 Å². The maximum absolute atomic E-state index is 5.75. The van der Waals surface area contributed by atoms with Crippen molar-refractivity contribution in [3.63, 3.8) is 0 Å². The number of ether oxygens (including phenoxy) is 2. The highest BCUT2D eigenvalue weighted by molar-refractivity contribution is 6.51. The van der Waals surface area contributed by atoms with Gasteiger partial charge in [0.2, 0.25) is 7.28 Å². The van der Waals surface area contributed by atoms with Crippen molar-refractivity contribution in [3.05, 3.63) is 84.2 Å². The lowest BCUT2D eigenvalue weighted by Crippen LogP contribution is -2.32. The van der Waals surface area contributed by atoms with Gasteiger partial charge in [-0.05, 0) is 24.0 Å². The average molecular weight is 416 g/mol. The molecule has 1 aliphatic rings. The average Bonchev–Trinajstić information content (AvgIpc) is 3.51. The lowest BCUT2D eigenvalue weighted by molar-refractivity contribution is -0.0882. The molecule has 31 heavy (non-hydrogen) atoms. The van der Waals surface area contributed by atoms with Gasteiger partial charge in [-0.25, -0.2) is 0 Å². The van der Waals surface area contributed by atoms with Crippen molar-refractivity contribution in [2.45, 2.75) is 51.3 Å². The fourth-order valence-corrected chi connectivity index (χ4v) is 4.57. The van der Waals surface area contributed by atoms with E-state index in [2.05, 4.69) is 83.3 Å². The van der Waals surface area contributed by atoms with Gasteiger partial charge in [-0.1, -0.05) is 80.3 Å². The highest BCUT2D eigenvalue weighted by Crippen LogP contribution is 2.29. The largest absolute Gasteiger partial charge is 0.350 e. The van der Waals surface area contributed by atoms with Crippen LogP contribution in [0.25, 0.3) is 0 Å². The van der Waals surface area contributed by atoms with Crippen LogP contribution >= 0.6 is 0 Å². The number of nitrogens with zero attached hydrogens (tertiary/aromatic N) is 2. The van der Waals surface area contributed by atoms with E-state index >= 15 is 0 Å². The van der Waals surface area contributed by atoms with Gasteiger partial charge in [-0.2, -0.15) is 0 Å². The number of rotatable bonds is 11. The van der Waals surface area contributed by atoms with E-state index in [0.29, 0.717) is 25.0 Å². The maximum atomic E-state index is 5.75. The van der Waals surface area contributed by atoms with Crippen LogP contribution in [-0.2, 0) is 16.0 Å². The van der Waals surface area contributed by atoms with Crippen LogP contribution in [-0.4, -0.2) is 36.3 Å². The molecule has 4 rings (SSSR count). The molecule has 162 valence electrons. The number of aromatic nitrogens is 2. The monoisotopic (exact) mass is 416 g/mol. The molecule has 5 heteroatoms. The topological polar surface area (TPSA) is 36.3 Å². The summed E-state index contributed by atoms with van der Waals surface area (Å²) in [6, 6.07) is 21.8. The molecule has 2 heterocycles. The van der Waals surface area contributed by atoms with Crippen LogP contribution < -0.4 is 5.72 Å². The molecule has 1 fully saturated rings. The van der Waals surface area contributed by atoms with E-state index in [1.54, 1.807) is 0 Å². The van der Waals surface area contributed by atoms with Crippen molar-refractivity contribution in [2.24, 2.45) is 5.92 Å². The summed E-state index contributed by atoms with van der Waals surface area (Å²) in [6.07, 6.45) is 8.46. The molecule has 0 saturated carbocycles. The number of hydrogen-bond acceptors (Lipinski definition) is 3. The van der Waals surface area contributed by atoms with Crippen molar-refractivity contribution in [1.82, 2.24) is 9.55 Å². The van der Waals surface area contributed by atoms with Gasteiger partial charge < -0.3 is 14.0 Å². The molecule has 1 aromatic heterocycles. The molecule has 0 N–H and O–H groups in total. The Morgan fingerprint density at radius 2 is 1.65 bits per heavy atom. The fourth-order valence-electron chi connectivity index (χ4n) is 4.57. The van der Waals surface area contributed by atoms with Crippen LogP contribution in [0, 0.1) is 5.92 Å². The number of imidazole rings is 1. The van der Waals surface area contributed by atoms with Crippen molar-refractivity contribution < 1.29 is 9.47 Å². The van der Waals surface area contributed by atoms with Crippen LogP contribution in [0.3, 0.4) is 0 Å². The molecule has 3 aromatic rings. The minimum atomic E-state index is -0.0715. The minimum Gasteiger partial charge on any atom is -0.350 e. The van der Waals surface area contributed by atoms with Crippen molar-refractivity contribution in [1.29, 1.82) is 0 Å². The van der Waals surface area contributed by atoms with Gasteiger partial charge in [-0.15, -0.1) is 0 Å². The third-order valence-corrected chi connectivity index (χ3v) is 6.34. The summed E-state index contributed by atoms with van der Waals surface area (Å²) in [7, 11) is 1.01. The number of hydrogen-bond donors (Lipinski definition) is 0. The molecule has 1 atom stereocenters. The van der Waals surface area contributed by atoms with Gasteiger partial charge in [0, 0.05) is 30.8 Å². The van der Waals surface area contributed by atoms with Gasteiger partial charge in [0.15, 0.2) is 6.29 Å². The zero-order chi connectivity index (χ0) is 21.3. The van der Waals surface area contributed by atoms with E-state index in [-0.39, 0.29) is 6.29 Å². The molecule has 1 unspecified atom stereocenters. The maximum Gasteiger partial charge on any atom is 0.204 e. The Bertz CT molecular complexity index is 855. The molecule has 0 amide bonds. The molecule has 1 aliphatic heterocycles. The first-order valence-electron chi connectivity index (χ1n) is 11.7. The van der Waals surface area contributed by atoms with Gasteiger partial charge >= 0.3 is 0 Å². The van der Waals surface area contributed by atoms with E-state index < -0.39 is 0 Å². The third-order valence-electron chi connectivity index (χ3n) is 6.34. The fraction of sp³-hybridized carbons (Fsp3) is 0.423. The summed E-state index contributed by atoms with van der Waals surface area (Å²) in [5, 5.41) is 0. The predicted octanol–water partition coefficient (Wildman–Crippen LogP) is 4.37. The summed E-state index contributed by atoms with van der Waals surface area (Å²) in [5.74, 6) is 0.819. The molecular weight excluding hydrogens is 383 g/mol. The molecule has 0 aliphatic carbocycles. The van der Waals surface area contributed by atoms with Gasteiger partial charge in [0.1, 0.15) is 0 Å². The van der Waals surface area contributed by atoms with Crippen LogP contribution in [0.1, 0.15) is 43.2 Å². The van der Waals surface area contributed by atoms with Crippen molar-refractivity contribution in [2.75, 3.05) is 13.2 Å². The Labute approximate surface area is 186 Å². The van der Waals surface area contributed by atoms with E-state index in [0.717, 1.165) is 33.0 Å². The van der Waals surface area contributed by atoms with E-state index in [9.17, 15) is 0 Å². The molecule has 2 aromatic carbocycles. The van der Waals surface area contributed by atoms with Crippen molar-refractivity contribution in [3.8, 4) is 0 Å². The molecule has 0 spiro atoms. The van der Waals surface area contributed by atoms with Crippen LogP contribution in [0.5, 0.6) is 0 Å². The van der Waals surface area contributed by atoms with Gasteiger partial charge in [0.25, 0.3) is 0 Å². The smallest absolute Gasteiger partial charge is 0.204 e. The molecule has 0 bridgehead atoms. The lowest BCUT2D eigenvalue weighted by atomic mass is 9.70. The van der Waals surface area contributed by atoms with Crippen LogP contribution in [0.4, 0.5) is 0 Å². The lowest BCUT2D eigenvalue weighted by Gasteiger charge is -2.22. The third kappa shape index (κ3) is 5.87.